The molecular weight excluding hydrogens is 254 g/mol. The van der Waals surface area contributed by atoms with E-state index in [4.69, 9.17) is 0 Å². The maximum absolute atomic E-state index is 12.0. The number of hydrogen-bond acceptors (Lipinski definition) is 1. The molecule has 0 saturated heterocycles. The second-order valence-electron chi connectivity index (χ2n) is 3.66. The number of hydrogen-bond donors (Lipinski definition) is 0. The summed E-state index contributed by atoms with van der Waals surface area (Å²) in [4.78, 5) is 12.0. The van der Waals surface area contributed by atoms with Gasteiger partial charge in [0.1, 0.15) is 0 Å². The molecule has 0 fully saturated rings. The van der Waals surface area contributed by atoms with Gasteiger partial charge in [-0.25, -0.2) is 0 Å². The average Bonchev–Trinajstić information content (AvgIpc) is 2.25. The summed E-state index contributed by atoms with van der Waals surface area (Å²) >= 11 is 3.44. The van der Waals surface area contributed by atoms with Crippen LogP contribution >= 0.6 is 15.9 Å². The summed E-state index contributed by atoms with van der Waals surface area (Å²) < 4.78 is 1.68. The third-order valence-electron chi connectivity index (χ3n) is 2.76. The summed E-state index contributed by atoms with van der Waals surface area (Å²) in [6.45, 7) is 1.95. The molecule has 2 nitrogen and oxygen atoms in total. The highest BCUT2D eigenvalue weighted by Crippen LogP contribution is 2.19. The Balaban J connectivity index is 2.98. The molecule has 1 aromatic heterocycles. The minimum Gasteiger partial charge on any atom is -0.315 e. The molecule has 0 aliphatic heterocycles. The molecule has 0 unspecified atom stereocenters. The van der Waals surface area contributed by atoms with E-state index in [1.807, 2.05) is 25.1 Å². The summed E-state index contributed by atoms with van der Waals surface area (Å²) in [5.74, 6) is 0. The van der Waals surface area contributed by atoms with E-state index >= 15 is 0 Å². The van der Waals surface area contributed by atoms with Crippen molar-refractivity contribution in [3.63, 3.8) is 0 Å². The van der Waals surface area contributed by atoms with Crippen molar-refractivity contribution in [2.24, 2.45) is 7.05 Å². The second-order valence-corrected chi connectivity index (χ2v) is 4.22. The number of nitrogens with zero attached hydrogens (tertiary/aromatic N) is 1. The van der Waals surface area contributed by atoms with Crippen LogP contribution in [0.3, 0.4) is 0 Å². The Morgan fingerprint density at radius 2 is 2.07 bits per heavy atom. The topological polar surface area (TPSA) is 22.0 Å². The van der Waals surface area contributed by atoms with E-state index < -0.39 is 0 Å². The van der Waals surface area contributed by atoms with Gasteiger partial charge >= 0.3 is 0 Å². The van der Waals surface area contributed by atoms with Crippen LogP contribution in [0.15, 0.2) is 29.1 Å². The monoisotopic (exact) mass is 265 g/mol. The summed E-state index contributed by atoms with van der Waals surface area (Å²) in [5.41, 5.74) is 2.22. The lowest BCUT2D eigenvalue weighted by Gasteiger charge is -2.08. The standard InChI is InChI=1S/C12H12BrNO/c1-8-6-11-9(7-13)4-3-5-10(11)12(15)14(8)2/h3-6H,7H2,1-2H3. The summed E-state index contributed by atoms with van der Waals surface area (Å²) in [6, 6.07) is 7.90. The highest BCUT2D eigenvalue weighted by Gasteiger charge is 2.06. The predicted molar refractivity (Wildman–Crippen MR) is 66.6 cm³/mol. The Morgan fingerprint density at radius 3 is 2.73 bits per heavy atom. The third-order valence-corrected chi connectivity index (χ3v) is 3.36. The first kappa shape index (κ1) is 10.4. The van der Waals surface area contributed by atoms with Crippen LogP contribution in [0.5, 0.6) is 0 Å². The van der Waals surface area contributed by atoms with E-state index in [2.05, 4.69) is 22.0 Å². The lowest BCUT2D eigenvalue weighted by molar-refractivity contribution is 0.830. The normalized spacial score (nSPS) is 10.9. The third kappa shape index (κ3) is 1.61. The van der Waals surface area contributed by atoms with Crippen molar-refractivity contribution >= 4 is 26.7 Å². The Labute approximate surface area is 96.7 Å². The maximum atomic E-state index is 12.0. The Hall–Kier alpha value is -1.09. The number of fused-ring (bicyclic) bond motifs is 1. The van der Waals surface area contributed by atoms with Gasteiger partial charge in [-0.2, -0.15) is 0 Å². The molecule has 0 aliphatic carbocycles. The molecule has 1 aromatic carbocycles. The highest BCUT2D eigenvalue weighted by molar-refractivity contribution is 9.08. The van der Waals surface area contributed by atoms with Crippen LogP contribution in [0.25, 0.3) is 10.8 Å². The van der Waals surface area contributed by atoms with Gasteiger partial charge in [0, 0.05) is 23.5 Å². The fraction of sp³-hybridized carbons (Fsp3) is 0.250. The van der Waals surface area contributed by atoms with Crippen molar-refractivity contribution in [3.8, 4) is 0 Å². The number of benzene rings is 1. The van der Waals surface area contributed by atoms with Crippen molar-refractivity contribution < 1.29 is 0 Å². The molecule has 78 valence electrons. The zero-order valence-electron chi connectivity index (χ0n) is 8.75. The van der Waals surface area contributed by atoms with Crippen LogP contribution in [0, 0.1) is 6.92 Å². The minimum atomic E-state index is 0.0767. The first-order chi connectivity index (χ1) is 7.15. The van der Waals surface area contributed by atoms with E-state index in [9.17, 15) is 4.79 Å². The van der Waals surface area contributed by atoms with Gasteiger partial charge in [0.2, 0.25) is 0 Å². The smallest absolute Gasteiger partial charge is 0.258 e. The number of halogens is 1. The van der Waals surface area contributed by atoms with E-state index in [0.717, 1.165) is 27.4 Å². The molecular formula is C12H12BrNO. The zero-order chi connectivity index (χ0) is 11.0. The molecule has 0 saturated carbocycles. The fourth-order valence-electron chi connectivity index (χ4n) is 1.73. The molecule has 1 heterocycles. The van der Waals surface area contributed by atoms with Gasteiger partial charge in [-0.05, 0) is 30.0 Å². The van der Waals surface area contributed by atoms with Crippen LogP contribution < -0.4 is 5.56 Å². The van der Waals surface area contributed by atoms with Crippen molar-refractivity contribution in [1.82, 2.24) is 4.57 Å². The van der Waals surface area contributed by atoms with Crippen LogP contribution in [-0.4, -0.2) is 4.57 Å². The van der Waals surface area contributed by atoms with Crippen molar-refractivity contribution in [2.45, 2.75) is 12.3 Å². The second kappa shape index (κ2) is 3.81. The van der Waals surface area contributed by atoms with Gasteiger partial charge in [-0.3, -0.25) is 4.79 Å². The number of alkyl halides is 1. The lowest BCUT2D eigenvalue weighted by Crippen LogP contribution is -2.18. The molecule has 0 spiro atoms. The molecule has 0 N–H and O–H groups in total. The fourth-order valence-corrected chi connectivity index (χ4v) is 2.22. The van der Waals surface area contributed by atoms with Crippen LogP contribution in [0.4, 0.5) is 0 Å². The lowest BCUT2D eigenvalue weighted by atomic mass is 10.1. The summed E-state index contributed by atoms with van der Waals surface area (Å²) in [6.07, 6.45) is 0. The van der Waals surface area contributed by atoms with E-state index in [1.54, 1.807) is 11.6 Å². The van der Waals surface area contributed by atoms with Crippen LogP contribution in [0.2, 0.25) is 0 Å². The number of aromatic nitrogens is 1. The Kier molecular flexibility index (Phi) is 2.65. The molecule has 0 atom stereocenters. The molecule has 0 radical (unpaired) electrons. The molecule has 0 amide bonds. The maximum Gasteiger partial charge on any atom is 0.258 e. The van der Waals surface area contributed by atoms with Crippen molar-refractivity contribution in [2.75, 3.05) is 0 Å². The first-order valence-corrected chi connectivity index (χ1v) is 5.91. The van der Waals surface area contributed by atoms with Crippen LogP contribution in [-0.2, 0) is 12.4 Å². The van der Waals surface area contributed by atoms with Crippen molar-refractivity contribution in [1.29, 1.82) is 0 Å². The van der Waals surface area contributed by atoms with E-state index in [-0.39, 0.29) is 5.56 Å². The molecule has 0 bridgehead atoms. The van der Waals surface area contributed by atoms with Crippen LogP contribution in [0.1, 0.15) is 11.3 Å². The first-order valence-electron chi connectivity index (χ1n) is 4.79. The molecule has 15 heavy (non-hydrogen) atoms. The average molecular weight is 266 g/mol. The highest BCUT2D eigenvalue weighted by atomic mass is 79.9. The van der Waals surface area contributed by atoms with Gasteiger partial charge in [0.15, 0.2) is 0 Å². The summed E-state index contributed by atoms with van der Waals surface area (Å²) in [7, 11) is 1.80. The minimum absolute atomic E-state index is 0.0767. The number of rotatable bonds is 1. The molecule has 0 aliphatic rings. The molecule has 2 aromatic rings. The van der Waals surface area contributed by atoms with Gasteiger partial charge < -0.3 is 4.57 Å². The Bertz CT molecular complexity index is 572. The zero-order valence-corrected chi connectivity index (χ0v) is 10.3. The largest absolute Gasteiger partial charge is 0.315 e. The predicted octanol–water partition coefficient (Wildman–Crippen LogP) is 2.74. The molecule has 3 heteroatoms. The van der Waals surface area contributed by atoms with E-state index in [0.29, 0.717) is 0 Å². The van der Waals surface area contributed by atoms with Gasteiger partial charge in [-0.1, -0.05) is 28.1 Å². The molecule has 2 rings (SSSR count). The van der Waals surface area contributed by atoms with E-state index in [1.165, 1.54) is 0 Å². The quantitative estimate of drug-likeness (QED) is 0.727. The van der Waals surface area contributed by atoms with Gasteiger partial charge in [-0.15, -0.1) is 0 Å². The van der Waals surface area contributed by atoms with Crippen molar-refractivity contribution in [3.05, 3.63) is 45.9 Å². The van der Waals surface area contributed by atoms with Gasteiger partial charge in [0.25, 0.3) is 5.56 Å². The number of pyridine rings is 1. The number of aryl methyl sites for hydroxylation is 1. The summed E-state index contributed by atoms with van der Waals surface area (Å²) in [5, 5.41) is 2.62. The SMILES string of the molecule is Cc1cc2c(CBr)cccc2c(=O)n1C. The van der Waals surface area contributed by atoms with Gasteiger partial charge in [0.05, 0.1) is 0 Å². The Morgan fingerprint density at radius 1 is 1.33 bits per heavy atom.